The van der Waals surface area contributed by atoms with E-state index in [0.29, 0.717) is 12.4 Å². The Labute approximate surface area is 92.4 Å². The molecule has 6 nitrogen and oxygen atoms in total. The van der Waals surface area contributed by atoms with Crippen LogP contribution in [0.3, 0.4) is 0 Å². The van der Waals surface area contributed by atoms with Gasteiger partial charge in [-0.15, -0.1) is 0 Å². The predicted octanol–water partition coefficient (Wildman–Crippen LogP) is 0.158. The van der Waals surface area contributed by atoms with Crippen molar-refractivity contribution in [3.8, 4) is 0 Å². The van der Waals surface area contributed by atoms with Crippen molar-refractivity contribution in [1.82, 2.24) is 19.5 Å². The van der Waals surface area contributed by atoms with E-state index in [9.17, 15) is 4.79 Å². The van der Waals surface area contributed by atoms with Gasteiger partial charge in [-0.25, -0.2) is 9.97 Å². The highest BCUT2D eigenvalue weighted by molar-refractivity contribution is 5.31. The van der Waals surface area contributed by atoms with Gasteiger partial charge >= 0.3 is 0 Å². The minimum atomic E-state index is -0.158. The van der Waals surface area contributed by atoms with Crippen molar-refractivity contribution >= 4 is 5.82 Å². The fraction of sp³-hybridized carbons (Fsp3) is 0.300. The molecule has 0 aliphatic carbocycles. The molecule has 0 saturated carbocycles. The largest absolute Gasteiger partial charge is 0.369 e. The lowest BCUT2D eigenvalue weighted by Gasteiger charge is -2.04. The number of rotatable bonds is 4. The standard InChI is InChI=1S/C10H13N5O/c1-15-5-4-12-9(15)2-3-11-8-6-10(16)14-7-13-8/h4-7H,2-3H2,1H3,(H2,11,13,14,16). The highest BCUT2D eigenvalue weighted by atomic mass is 16.1. The maximum Gasteiger partial charge on any atom is 0.252 e. The first kappa shape index (κ1) is 10.4. The summed E-state index contributed by atoms with van der Waals surface area (Å²) in [7, 11) is 1.95. The van der Waals surface area contributed by atoms with Crippen molar-refractivity contribution in [3.63, 3.8) is 0 Å². The Morgan fingerprint density at radius 2 is 2.38 bits per heavy atom. The first-order chi connectivity index (χ1) is 7.75. The summed E-state index contributed by atoms with van der Waals surface area (Å²) < 4.78 is 1.97. The average Bonchev–Trinajstić information content (AvgIpc) is 2.65. The molecule has 0 radical (unpaired) electrons. The van der Waals surface area contributed by atoms with E-state index in [1.807, 2.05) is 17.8 Å². The number of aromatic amines is 1. The predicted molar refractivity (Wildman–Crippen MR) is 60.3 cm³/mol. The fourth-order valence-electron chi connectivity index (χ4n) is 1.40. The van der Waals surface area contributed by atoms with Gasteiger partial charge in [-0.05, 0) is 0 Å². The summed E-state index contributed by atoms with van der Waals surface area (Å²) in [6.07, 6.45) is 5.84. The molecule has 6 heteroatoms. The van der Waals surface area contributed by atoms with E-state index in [4.69, 9.17) is 0 Å². The average molecular weight is 219 g/mol. The Balaban J connectivity index is 1.89. The van der Waals surface area contributed by atoms with Crippen LogP contribution in [0.2, 0.25) is 0 Å². The lowest BCUT2D eigenvalue weighted by atomic mass is 10.4. The smallest absolute Gasteiger partial charge is 0.252 e. The van der Waals surface area contributed by atoms with E-state index in [1.54, 1.807) is 6.20 Å². The van der Waals surface area contributed by atoms with Gasteiger partial charge in [0.1, 0.15) is 11.6 Å². The summed E-state index contributed by atoms with van der Waals surface area (Å²) in [4.78, 5) is 21.6. The topological polar surface area (TPSA) is 75.6 Å². The Kier molecular flexibility index (Phi) is 3.00. The molecule has 0 amide bonds. The van der Waals surface area contributed by atoms with E-state index in [1.165, 1.54) is 12.4 Å². The lowest BCUT2D eigenvalue weighted by Crippen LogP contribution is -2.12. The van der Waals surface area contributed by atoms with Crippen LogP contribution in [0.25, 0.3) is 0 Å². The van der Waals surface area contributed by atoms with Gasteiger partial charge in [-0.1, -0.05) is 0 Å². The Hall–Kier alpha value is -2.11. The molecule has 0 spiro atoms. The van der Waals surface area contributed by atoms with Crippen molar-refractivity contribution in [2.75, 3.05) is 11.9 Å². The molecule has 2 aromatic rings. The molecule has 0 fully saturated rings. The number of H-pyrrole nitrogens is 1. The molecule has 2 aromatic heterocycles. The zero-order valence-corrected chi connectivity index (χ0v) is 8.97. The van der Waals surface area contributed by atoms with Crippen molar-refractivity contribution in [2.45, 2.75) is 6.42 Å². The SMILES string of the molecule is Cn1ccnc1CCNc1cc(=O)[nH]cn1. The van der Waals surface area contributed by atoms with Gasteiger partial charge in [0.2, 0.25) is 0 Å². The molecule has 16 heavy (non-hydrogen) atoms. The number of aromatic nitrogens is 4. The van der Waals surface area contributed by atoms with Crippen molar-refractivity contribution in [1.29, 1.82) is 0 Å². The number of hydrogen-bond acceptors (Lipinski definition) is 4. The molecule has 0 aliphatic heterocycles. The molecule has 0 saturated heterocycles. The number of nitrogens with one attached hydrogen (secondary N) is 2. The van der Waals surface area contributed by atoms with Gasteiger partial charge in [0.25, 0.3) is 5.56 Å². The van der Waals surface area contributed by atoms with Crippen LogP contribution in [0.5, 0.6) is 0 Å². The minimum absolute atomic E-state index is 0.158. The van der Waals surface area contributed by atoms with Gasteiger partial charge in [0, 0.05) is 38.5 Å². The Morgan fingerprint density at radius 3 is 3.06 bits per heavy atom. The van der Waals surface area contributed by atoms with Crippen molar-refractivity contribution in [2.24, 2.45) is 7.05 Å². The van der Waals surface area contributed by atoms with Crippen molar-refractivity contribution in [3.05, 3.63) is 41.0 Å². The molecule has 0 aliphatic rings. The van der Waals surface area contributed by atoms with Crippen LogP contribution in [0.4, 0.5) is 5.82 Å². The lowest BCUT2D eigenvalue weighted by molar-refractivity contribution is 0.788. The molecule has 0 bridgehead atoms. The Morgan fingerprint density at radius 1 is 1.50 bits per heavy atom. The summed E-state index contributed by atoms with van der Waals surface area (Å²) in [5, 5.41) is 3.07. The number of anilines is 1. The molecular weight excluding hydrogens is 206 g/mol. The first-order valence-corrected chi connectivity index (χ1v) is 5.00. The number of imidazole rings is 1. The molecule has 2 rings (SSSR count). The highest BCUT2D eigenvalue weighted by Gasteiger charge is 1.99. The Bertz CT molecular complexity index is 516. The zero-order chi connectivity index (χ0) is 11.4. The van der Waals surface area contributed by atoms with E-state index >= 15 is 0 Å². The normalized spacial score (nSPS) is 10.3. The second-order valence-corrected chi connectivity index (χ2v) is 3.43. The summed E-state index contributed by atoms with van der Waals surface area (Å²) in [6.45, 7) is 0.696. The van der Waals surface area contributed by atoms with Gasteiger partial charge in [-0.2, -0.15) is 0 Å². The van der Waals surface area contributed by atoms with Crippen LogP contribution < -0.4 is 10.9 Å². The number of aryl methyl sites for hydroxylation is 1. The molecule has 2 N–H and O–H groups in total. The third-order valence-corrected chi connectivity index (χ3v) is 2.25. The van der Waals surface area contributed by atoms with E-state index in [-0.39, 0.29) is 5.56 Å². The maximum absolute atomic E-state index is 11.0. The van der Waals surface area contributed by atoms with E-state index in [2.05, 4.69) is 20.3 Å². The first-order valence-electron chi connectivity index (χ1n) is 5.00. The van der Waals surface area contributed by atoms with Crippen LogP contribution in [-0.4, -0.2) is 26.1 Å². The fourth-order valence-corrected chi connectivity index (χ4v) is 1.40. The molecule has 2 heterocycles. The summed E-state index contributed by atoms with van der Waals surface area (Å²) >= 11 is 0. The second-order valence-electron chi connectivity index (χ2n) is 3.43. The monoisotopic (exact) mass is 219 g/mol. The molecular formula is C10H13N5O. The third-order valence-electron chi connectivity index (χ3n) is 2.25. The summed E-state index contributed by atoms with van der Waals surface area (Å²) in [5.74, 6) is 1.58. The van der Waals surface area contributed by atoms with Gasteiger partial charge in [0.05, 0.1) is 6.33 Å². The maximum atomic E-state index is 11.0. The zero-order valence-electron chi connectivity index (χ0n) is 8.97. The van der Waals surface area contributed by atoms with Gasteiger partial charge < -0.3 is 14.9 Å². The molecule has 84 valence electrons. The highest BCUT2D eigenvalue weighted by Crippen LogP contribution is 1.98. The van der Waals surface area contributed by atoms with Crippen molar-refractivity contribution < 1.29 is 0 Å². The van der Waals surface area contributed by atoms with Crippen LogP contribution >= 0.6 is 0 Å². The molecule has 0 atom stereocenters. The van der Waals surface area contributed by atoms with Gasteiger partial charge in [-0.3, -0.25) is 4.79 Å². The van der Waals surface area contributed by atoms with E-state index in [0.717, 1.165) is 12.2 Å². The van der Waals surface area contributed by atoms with Crippen LogP contribution in [0, 0.1) is 0 Å². The van der Waals surface area contributed by atoms with Crippen LogP contribution in [-0.2, 0) is 13.5 Å². The molecule has 0 unspecified atom stereocenters. The minimum Gasteiger partial charge on any atom is -0.369 e. The quantitative estimate of drug-likeness (QED) is 0.768. The number of nitrogens with zero attached hydrogens (tertiary/aromatic N) is 3. The van der Waals surface area contributed by atoms with Gasteiger partial charge in [0.15, 0.2) is 0 Å². The number of hydrogen-bond donors (Lipinski definition) is 2. The second kappa shape index (κ2) is 4.61. The van der Waals surface area contributed by atoms with E-state index < -0.39 is 0 Å². The van der Waals surface area contributed by atoms with Crippen LogP contribution in [0.15, 0.2) is 29.6 Å². The van der Waals surface area contributed by atoms with Crippen LogP contribution in [0.1, 0.15) is 5.82 Å². The summed E-state index contributed by atoms with van der Waals surface area (Å²) in [5.41, 5.74) is -0.158. The molecule has 0 aromatic carbocycles. The summed E-state index contributed by atoms with van der Waals surface area (Å²) in [6, 6.07) is 1.43. The third kappa shape index (κ3) is 2.47.